The first kappa shape index (κ1) is 15.1. The number of rotatable bonds is 2. The zero-order valence-corrected chi connectivity index (χ0v) is 14.8. The lowest BCUT2D eigenvalue weighted by Crippen LogP contribution is -2.53. The molecule has 0 atom stereocenters. The Hall–Kier alpha value is -1.40. The van der Waals surface area contributed by atoms with Gasteiger partial charge in [-0.1, -0.05) is 25.0 Å². The van der Waals surface area contributed by atoms with Gasteiger partial charge < -0.3 is 15.1 Å². The van der Waals surface area contributed by atoms with Crippen LogP contribution in [0.1, 0.15) is 25.7 Å². The molecule has 4 nitrogen and oxygen atoms in total. The first-order valence-corrected chi connectivity index (χ1v) is 9.64. The number of fused-ring (bicyclic) bond motifs is 1. The van der Waals surface area contributed by atoms with Crippen LogP contribution in [0.5, 0.6) is 0 Å². The molecule has 0 radical (unpaired) electrons. The maximum Gasteiger partial charge on any atom is 0.169 e. The van der Waals surface area contributed by atoms with Crippen molar-refractivity contribution in [1.29, 1.82) is 0 Å². The maximum atomic E-state index is 5.61. The van der Waals surface area contributed by atoms with Crippen LogP contribution >= 0.6 is 23.8 Å². The quantitative estimate of drug-likeness (QED) is 0.844. The summed E-state index contributed by atoms with van der Waals surface area (Å²) < 4.78 is 5.94. The number of piperazine rings is 1. The number of nitrogens with one attached hydrogen (secondary N) is 1. The minimum absolute atomic E-state index is 0.600. The lowest BCUT2D eigenvalue weighted by Gasteiger charge is -2.37. The van der Waals surface area contributed by atoms with Crippen LogP contribution < -0.4 is 10.2 Å². The molecular weight excluding hydrogens is 324 g/mol. The summed E-state index contributed by atoms with van der Waals surface area (Å²) in [7, 11) is 0. The number of thiocarbonyl (C=S) groups is 1. The van der Waals surface area contributed by atoms with Crippen LogP contribution in [0, 0.1) is 0 Å². The largest absolute Gasteiger partial charge is 0.360 e. The molecule has 1 saturated carbocycles. The summed E-state index contributed by atoms with van der Waals surface area (Å²) in [6.45, 7) is 3.93. The summed E-state index contributed by atoms with van der Waals surface area (Å²) in [5.74, 6) is 1.14. The van der Waals surface area contributed by atoms with Gasteiger partial charge in [0.25, 0.3) is 0 Å². The van der Waals surface area contributed by atoms with E-state index in [1.165, 1.54) is 35.8 Å². The van der Waals surface area contributed by atoms with E-state index in [9.17, 15) is 0 Å². The zero-order valence-electron chi connectivity index (χ0n) is 13.2. The fourth-order valence-electron chi connectivity index (χ4n) is 3.56. The van der Waals surface area contributed by atoms with Crippen molar-refractivity contribution >= 4 is 44.8 Å². The Kier molecular flexibility index (Phi) is 4.35. The van der Waals surface area contributed by atoms with Gasteiger partial charge in [-0.05, 0) is 48.7 Å². The van der Waals surface area contributed by atoms with E-state index in [0.29, 0.717) is 6.04 Å². The fourth-order valence-corrected chi connectivity index (χ4v) is 4.70. The number of hydrogen-bond acceptors (Lipinski definition) is 4. The van der Waals surface area contributed by atoms with Crippen LogP contribution in [0.25, 0.3) is 10.1 Å². The summed E-state index contributed by atoms with van der Waals surface area (Å²) in [6.07, 6.45) is 5.21. The molecule has 0 bridgehead atoms. The van der Waals surface area contributed by atoms with Crippen LogP contribution in [0.15, 0.2) is 24.3 Å². The number of nitrogens with zero attached hydrogens (tertiary/aromatic N) is 3. The third-order valence-electron chi connectivity index (χ3n) is 4.91. The summed E-state index contributed by atoms with van der Waals surface area (Å²) in [4.78, 5) is 4.71. The lowest BCUT2D eigenvalue weighted by atomic mass is 10.2. The van der Waals surface area contributed by atoms with Crippen molar-refractivity contribution in [3.8, 4) is 0 Å². The van der Waals surface area contributed by atoms with Gasteiger partial charge >= 0.3 is 0 Å². The second-order valence-electron chi connectivity index (χ2n) is 6.41. The Labute approximate surface area is 146 Å². The molecule has 1 aromatic carbocycles. The van der Waals surface area contributed by atoms with E-state index >= 15 is 0 Å². The van der Waals surface area contributed by atoms with Crippen LogP contribution in [0.3, 0.4) is 0 Å². The van der Waals surface area contributed by atoms with Crippen molar-refractivity contribution < 1.29 is 0 Å². The molecule has 0 amide bonds. The molecule has 1 N–H and O–H groups in total. The van der Waals surface area contributed by atoms with Crippen LogP contribution in [0.2, 0.25) is 0 Å². The second-order valence-corrected chi connectivity index (χ2v) is 7.60. The first-order chi connectivity index (χ1) is 11.3. The zero-order chi connectivity index (χ0) is 15.6. The number of hydrogen-bond donors (Lipinski definition) is 1. The minimum Gasteiger partial charge on any atom is -0.360 e. The maximum absolute atomic E-state index is 5.61. The van der Waals surface area contributed by atoms with Crippen LogP contribution in [0.4, 0.5) is 5.82 Å². The van der Waals surface area contributed by atoms with Gasteiger partial charge in [0.05, 0.1) is 4.70 Å². The Morgan fingerprint density at radius 3 is 2.65 bits per heavy atom. The normalized spacial score (nSPS) is 19.5. The Morgan fingerprint density at radius 2 is 1.87 bits per heavy atom. The third-order valence-corrected chi connectivity index (χ3v) is 6.10. The van der Waals surface area contributed by atoms with Crippen molar-refractivity contribution in [3.05, 3.63) is 24.3 Å². The number of benzene rings is 1. The molecule has 2 fully saturated rings. The molecule has 2 aromatic rings. The topological polar surface area (TPSA) is 31.4 Å². The molecule has 1 saturated heterocycles. The molecule has 122 valence electrons. The number of anilines is 1. The summed E-state index contributed by atoms with van der Waals surface area (Å²) in [5, 5.41) is 5.77. The average Bonchev–Trinajstić information content (AvgIpc) is 3.24. The van der Waals surface area contributed by atoms with Crippen molar-refractivity contribution in [2.24, 2.45) is 0 Å². The monoisotopic (exact) mass is 346 g/mol. The van der Waals surface area contributed by atoms with Gasteiger partial charge in [0.1, 0.15) is 5.82 Å². The van der Waals surface area contributed by atoms with E-state index in [0.717, 1.165) is 37.1 Å². The highest BCUT2D eigenvalue weighted by Gasteiger charge is 2.24. The highest BCUT2D eigenvalue weighted by Crippen LogP contribution is 2.29. The van der Waals surface area contributed by atoms with E-state index < -0.39 is 0 Å². The molecule has 4 rings (SSSR count). The van der Waals surface area contributed by atoms with E-state index in [1.807, 2.05) is 0 Å². The minimum atomic E-state index is 0.600. The van der Waals surface area contributed by atoms with Crippen LogP contribution in [-0.2, 0) is 0 Å². The molecule has 6 heteroatoms. The van der Waals surface area contributed by atoms with E-state index in [1.54, 1.807) is 11.5 Å². The van der Waals surface area contributed by atoms with Crippen molar-refractivity contribution in [2.45, 2.75) is 31.7 Å². The first-order valence-electron chi connectivity index (χ1n) is 8.46. The molecular formula is C17H22N4S2. The summed E-state index contributed by atoms with van der Waals surface area (Å²) >= 11 is 7.20. The van der Waals surface area contributed by atoms with Gasteiger partial charge in [-0.15, -0.1) is 0 Å². The highest BCUT2D eigenvalue weighted by atomic mass is 32.1. The molecule has 2 heterocycles. The smallest absolute Gasteiger partial charge is 0.169 e. The second kappa shape index (κ2) is 6.61. The van der Waals surface area contributed by atoms with Gasteiger partial charge in [-0.3, -0.25) is 0 Å². The lowest BCUT2D eigenvalue weighted by molar-refractivity contribution is 0.374. The Balaban J connectivity index is 1.38. The van der Waals surface area contributed by atoms with Gasteiger partial charge in [-0.25, -0.2) is 0 Å². The molecule has 1 aliphatic carbocycles. The van der Waals surface area contributed by atoms with Gasteiger partial charge in [0, 0.05) is 37.6 Å². The molecule has 0 spiro atoms. The standard InChI is InChI=1S/C17H22N4S2/c22-17(18-13-5-1-2-6-13)21-11-9-20(10-12-21)16-14-7-3-4-8-15(14)23-19-16/h3-4,7-8,13H,1-2,5-6,9-12H2,(H,18,22). The molecule has 1 aromatic heterocycles. The summed E-state index contributed by atoms with van der Waals surface area (Å²) in [6, 6.07) is 9.09. The molecule has 2 aliphatic rings. The van der Waals surface area contributed by atoms with Crippen molar-refractivity contribution in [2.75, 3.05) is 31.1 Å². The summed E-state index contributed by atoms with van der Waals surface area (Å²) in [5.41, 5.74) is 0. The molecule has 0 unspecified atom stereocenters. The average molecular weight is 347 g/mol. The van der Waals surface area contributed by atoms with Crippen molar-refractivity contribution in [1.82, 2.24) is 14.6 Å². The highest BCUT2D eigenvalue weighted by molar-refractivity contribution is 7.80. The van der Waals surface area contributed by atoms with Gasteiger partial charge in [-0.2, -0.15) is 4.37 Å². The fraction of sp³-hybridized carbons (Fsp3) is 0.529. The Bertz CT molecular complexity index is 685. The molecule has 23 heavy (non-hydrogen) atoms. The van der Waals surface area contributed by atoms with Crippen molar-refractivity contribution in [3.63, 3.8) is 0 Å². The van der Waals surface area contributed by atoms with Gasteiger partial charge in [0.15, 0.2) is 5.11 Å². The van der Waals surface area contributed by atoms with E-state index in [-0.39, 0.29) is 0 Å². The molecule has 1 aliphatic heterocycles. The van der Waals surface area contributed by atoms with Gasteiger partial charge in [0.2, 0.25) is 0 Å². The third kappa shape index (κ3) is 3.15. The SMILES string of the molecule is S=C(NC1CCCC1)N1CCN(c2nsc3ccccc23)CC1. The van der Waals surface area contributed by atoms with Crippen LogP contribution in [-0.4, -0.2) is 46.6 Å². The van der Waals surface area contributed by atoms with E-state index in [4.69, 9.17) is 12.2 Å². The number of aromatic nitrogens is 1. The Morgan fingerprint density at radius 1 is 1.13 bits per heavy atom. The predicted octanol–water partition coefficient (Wildman–Crippen LogP) is 3.24. The predicted molar refractivity (Wildman–Crippen MR) is 101 cm³/mol. The van der Waals surface area contributed by atoms with E-state index in [2.05, 4.69) is 43.8 Å².